The maximum Gasteiger partial charge on any atom is 0.410 e. The summed E-state index contributed by atoms with van der Waals surface area (Å²) in [5, 5.41) is 5.13. The molecule has 1 fully saturated rings. The van der Waals surface area contributed by atoms with Gasteiger partial charge in [-0.2, -0.15) is 0 Å². The molecule has 1 aromatic carbocycles. The lowest BCUT2D eigenvalue weighted by Gasteiger charge is -2.35. The molecule has 0 radical (unpaired) electrons. The van der Waals surface area contributed by atoms with Crippen molar-refractivity contribution in [3.8, 4) is 0 Å². The topological polar surface area (TPSA) is 110 Å². The Balaban J connectivity index is 1.96. The number of benzene rings is 1. The van der Waals surface area contributed by atoms with Gasteiger partial charge in [-0.05, 0) is 58.2 Å². The molecule has 1 heterocycles. The van der Waals surface area contributed by atoms with Crippen LogP contribution in [0.5, 0.6) is 0 Å². The first kappa shape index (κ1) is 23.2. The molecule has 0 saturated carbocycles. The predicted molar refractivity (Wildman–Crippen MR) is 110 cm³/mol. The summed E-state index contributed by atoms with van der Waals surface area (Å²) >= 11 is 0. The number of nitrogens with zero attached hydrogens (tertiary/aromatic N) is 2. The predicted octanol–water partition coefficient (Wildman–Crippen LogP) is 2.50. The molecule has 2 amide bonds. The minimum Gasteiger partial charge on any atom is -0.444 e. The van der Waals surface area contributed by atoms with Crippen molar-refractivity contribution in [2.45, 2.75) is 57.1 Å². The summed E-state index contributed by atoms with van der Waals surface area (Å²) in [6.07, 6.45) is 0.818. The van der Waals surface area contributed by atoms with Crippen molar-refractivity contribution in [1.82, 2.24) is 9.80 Å². The summed E-state index contributed by atoms with van der Waals surface area (Å²) < 4.78 is 28.2. The molecule has 9 heteroatoms. The average Bonchev–Trinajstić information content (AvgIpc) is 2.64. The van der Waals surface area contributed by atoms with Crippen LogP contribution in [0.4, 0.5) is 4.79 Å². The maximum atomic E-state index is 12.9. The number of carbonyl (C=O) groups is 2. The Kier molecular flexibility index (Phi) is 6.95. The van der Waals surface area contributed by atoms with Crippen LogP contribution in [0.15, 0.2) is 29.2 Å². The Morgan fingerprint density at radius 1 is 1.17 bits per heavy atom. The van der Waals surface area contributed by atoms with Gasteiger partial charge in [-0.15, -0.1) is 0 Å². The van der Waals surface area contributed by atoms with Gasteiger partial charge in [0, 0.05) is 26.1 Å². The molecule has 0 aromatic heterocycles. The van der Waals surface area contributed by atoms with Gasteiger partial charge in [0.25, 0.3) is 0 Å². The lowest BCUT2D eigenvalue weighted by atomic mass is 9.94. The smallest absolute Gasteiger partial charge is 0.410 e. The van der Waals surface area contributed by atoms with Gasteiger partial charge in [-0.1, -0.05) is 12.1 Å². The highest BCUT2D eigenvalue weighted by Crippen LogP contribution is 2.26. The zero-order valence-corrected chi connectivity index (χ0v) is 18.5. The average molecular weight is 426 g/mol. The van der Waals surface area contributed by atoms with E-state index < -0.39 is 15.6 Å². The third-order valence-corrected chi connectivity index (χ3v) is 6.04. The monoisotopic (exact) mass is 425 g/mol. The largest absolute Gasteiger partial charge is 0.444 e. The van der Waals surface area contributed by atoms with E-state index in [9.17, 15) is 18.0 Å². The molecule has 2 rings (SSSR count). The number of hydrogen-bond donors (Lipinski definition) is 1. The second-order valence-electron chi connectivity index (χ2n) is 8.48. The lowest BCUT2D eigenvalue weighted by Crippen LogP contribution is -2.45. The molecule has 1 atom stereocenters. The third-order valence-electron chi connectivity index (χ3n) is 5.12. The quantitative estimate of drug-likeness (QED) is 0.797. The van der Waals surface area contributed by atoms with Gasteiger partial charge in [0.2, 0.25) is 15.9 Å². The van der Waals surface area contributed by atoms with Gasteiger partial charge >= 0.3 is 6.09 Å². The van der Waals surface area contributed by atoms with E-state index in [0.29, 0.717) is 25.9 Å². The fourth-order valence-electron chi connectivity index (χ4n) is 3.27. The van der Waals surface area contributed by atoms with E-state index in [1.807, 2.05) is 27.7 Å². The number of piperidine rings is 1. The van der Waals surface area contributed by atoms with Crippen LogP contribution in [0.25, 0.3) is 0 Å². The van der Waals surface area contributed by atoms with E-state index in [-0.39, 0.29) is 28.9 Å². The van der Waals surface area contributed by atoms with E-state index in [0.717, 1.165) is 5.56 Å². The first-order valence-corrected chi connectivity index (χ1v) is 11.2. The summed E-state index contributed by atoms with van der Waals surface area (Å²) in [6.45, 7) is 8.33. The van der Waals surface area contributed by atoms with Crippen molar-refractivity contribution in [2.75, 3.05) is 20.1 Å². The highest BCUT2D eigenvalue weighted by molar-refractivity contribution is 7.89. The zero-order chi connectivity index (χ0) is 22.0. The molecule has 0 aliphatic carbocycles. The Morgan fingerprint density at radius 2 is 1.69 bits per heavy atom. The van der Waals surface area contributed by atoms with Crippen LogP contribution in [-0.4, -0.2) is 56.0 Å². The highest BCUT2D eigenvalue weighted by atomic mass is 32.2. The molecule has 29 heavy (non-hydrogen) atoms. The van der Waals surface area contributed by atoms with Crippen molar-refractivity contribution in [2.24, 2.45) is 11.1 Å². The van der Waals surface area contributed by atoms with Gasteiger partial charge < -0.3 is 14.5 Å². The maximum absolute atomic E-state index is 12.9. The number of ether oxygens (including phenoxy) is 1. The number of likely N-dealkylation sites (tertiary alicyclic amines) is 1. The second-order valence-corrected chi connectivity index (χ2v) is 10.0. The van der Waals surface area contributed by atoms with Crippen molar-refractivity contribution in [3.05, 3.63) is 29.8 Å². The number of primary sulfonamides is 1. The first-order chi connectivity index (χ1) is 13.3. The number of amides is 2. The molecule has 0 bridgehead atoms. The van der Waals surface area contributed by atoms with Gasteiger partial charge in [0.1, 0.15) is 5.60 Å². The highest BCUT2D eigenvalue weighted by Gasteiger charge is 2.32. The third kappa shape index (κ3) is 6.17. The summed E-state index contributed by atoms with van der Waals surface area (Å²) in [7, 11) is -2.01. The number of nitrogens with two attached hydrogens (primary N) is 1. The molecule has 1 aliphatic rings. The summed E-state index contributed by atoms with van der Waals surface area (Å²) in [6, 6.07) is 6.00. The molecule has 162 valence electrons. The molecular weight excluding hydrogens is 394 g/mol. The molecule has 0 spiro atoms. The van der Waals surface area contributed by atoms with Crippen LogP contribution < -0.4 is 5.14 Å². The van der Waals surface area contributed by atoms with E-state index >= 15 is 0 Å². The number of sulfonamides is 1. The van der Waals surface area contributed by atoms with Gasteiger partial charge in [0.15, 0.2) is 0 Å². The van der Waals surface area contributed by atoms with Gasteiger partial charge in [0.05, 0.1) is 10.9 Å². The lowest BCUT2D eigenvalue weighted by molar-refractivity contribution is -0.137. The van der Waals surface area contributed by atoms with Crippen LogP contribution in [-0.2, 0) is 19.6 Å². The SMILES string of the molecule is C[C@@H](c1ccc(S(N)(=O)=O)cc1)N(C)C(=O)C1CCN(C(=O)OC(C)(C)C)CC1. The van der Waals surface area contributed by atoms with Crippen LogP contribution in [0.1, 0.15) is 52.1 Å². The van der Waals surface area contributed by atoms with E-state index in [4.69, 9.17) is 9.88 Å². The van der Waals surface area contributed by atoms with Crippen molar-refractivity contribution in [3.63, 3.8) is 0 Å². The van der Waals surface area contributed by atoms with Crippen LogP contribution in [0.2, 0.25) is 0 Å². The fourth-order valence-corrected chi connectivity index (χ4v) is 3.79. The fraction of sp³-hybridized carbons (Fsp3) is 0.600. The van der Waals surface area contributed by atoms with Gasteiger partial charge in [-0.25, -0.2) is 18.4 Å². The standard InChI is InChI=1S/C20H31N3O5S/c1-14(15-6-8-17(9-7-15)29(21,26)27)22(5)18(24)16-10-12-23(13-11-16)19(25)28-20(2,3)4/h6-9,14,16H,10-13H2,1-5H3,(H2,21,26,27)/t14-/m0/s1. The summed E-state index contributed by atoms with van der Waals surface area (Å²) in [5.41, 5.74) is 0.275. The normalized spacial score (nSPS) is 17.0. The molecule has 1 saturated heterocycles. The molecule has 1 aromatic rings. The zero-order valence-electron chi connectivity index (χ0n) is 17.7. The molecule has 1 aliphatic heterocycles. The van der Waals surface area contributed by atoms with Crippen molar-refractivity contribution < 1.29 is 22.7 Å². The van der Waals surface area contributed by atoms with Crippen LogP contribution in [0.3, 0.4) is 0 Å². The summed E-state index contributed by atoms with van der Waals surface area (Å²) in [4.78, 5) is 28.4. The minimum absolute atomic E-state index is 0.0110. The number of hydrogen-bond acceptors (Lipinski definition) is 5. The van der Waals surface area contributed by atoms with E-state index in [1.165, 1.54) is 12.1 Å². The van der Waals surface area contributed by atoms with Crippen molar-refractivity contribution >= 4 is 22.0 Å². The van der Waals surface area contributed by atoms with E-state index in [2.05, 4.69) is 0 Å². The molecular formula is C20H31N3O5S. The molecule has 2 N–H and O–H groups in total. The van der Waals surface area contributed by atoms with Crippen LogP contribution >= 0.6 is 0 Å². The molecule has 8 nitrogen and oxygen atoms in total. The summed E-state index contributed by atoms with van der Waals surface area (Å²) in [5.74, 6) is -0.151. The Morgan fingerprint density at radius 3 is 2.14 bits per heavy atom. The Labute approximate surface area is 173 Å². The first-order valence-electron chi connectivity index (χ1n) is 9.67. The Hall–Kier alpha value is -2.13. The Bertz CT molecular complexity index is 838. The van der Waals surface area contributed by atoms with Gasteiger partial charge in [-0.3, -0.25) is 4.79 Å². The van der Waals surface area contributed by atoms with Crippen molar-refractivity contribution in [1.29, 1.82) is 0 Å². The second kappa shape index (κ2) is 8.71. The number of rotatable bonds is 4. The van der Waals surface area contributed by atoms with Crippen LogP contribution in [0, 0.1) is 5.92 Å². The molecule has 0 unspecified atom stereocenters. The number of carbonyl (C=O) groups excluding carboxylic acids is 2. The minimum atomic E-state index is -3.75. The van der Waals surface area contributed by atoms with E-state index in [1.54, 1.807) is 29.0 Å².